The lowest BCUT2D eigenvalue weighted by Crippen LogP contribution is -2.33. The fraction of sp³-hybridized carbons (Fsp3) is 0.167. The number of esters is 1. The lowest BCUT2D eigenvalue weighted by atomic mass is 10.1. The Morgan fingerprint density at radius 2 is 1.84 bits per heavy atom. The molecular formula is C18H17ClN2O4. The molecule has 2 N–H and O–H groups in total. The van der Waals surface area contributed by atoms with Gasteiger partial charge in [0.25, 0.3) is 5.91 Å². The first-order chi connectivity index (χ1) is 11.9. The van der Waals surface area contributed by atoms with Crippen LogP contribution in [0.2, 0.25) is 5.02 Å². The minimum atomic E-state index is -0.542. The smallest absolute Gasteiger partial charge is 0.337 e. The van der Waals surface area contributed by atoms with Gasteiger partial charge in [-0.1, -0.05) is 29.8 Å². The van der Waals surface area contributed by atoms with Crippen LogP contribution in [0.3, 0.4) is 0 Å². The average Bonchev–Trinajstić information content (AvgIpc) is 2.61. The number of hydrogen-bond donors (Lipinski definition) is 2. The van der Waals surface area contributed by atoms with E-state index in [4.69, 9.17) is 11.6 Å². The first kappa shape index (κ1) is 18.5. The monoisotopic (exact) mass is 360 g/mol. The van der Waals surface area contributed by atoms with Gasteiger partial charge in [-0.2, -0.15) is 0 Å². The summed E-state index contributed by atoms with van der Waals surface area (Å²) < 4.78 is 4.62. The molecular weight excluding hydrogens is 344 g/mol. The molecule has 2 aromatic carbocycles. The fourth-order valence-corrected chi connectivity index (χ4v) is 2.31. The molecule has 0 bridgehead atoms. The molecule has 0 saturated heterocycles. The molecule has 0 spiro atoms. The Balaban J connectivity index is 2.00. The molecule has 0 saturated carbocycles. The number of benzene rings is 2. The van der Waals surface area contributed by atoms with Crippen LogP contribution in [0.5, 0.6) is 0 Å². The quantitative estimate of drug-likeness (QED) is 0.803. The summed E-state index contributed by atoms with van der Waals surface area (Å²) in [4.78, 5) is 35.7. The predicted molar refractivity (Wildman–Crippen MR) is 94.9 cm³/mol. The Morgan fingerprint density at radius 3 is 2.52 bits per heavy atom. The van der Waals surface area contributed by atoms with Crippen molar-refractivity contribution in [3.05, 3.63) is 64.2 Å². The lowest BCUT2D eigenvalue weighted by molar-refractivity contribution is -0.115. The molecule has 2 rings (SSSR count). The van der Waals surface area contributed by atoms with Crippen LogP contribution >= 0.6 is 11.6 Å². The zero-order valence-corrected chi connectivity index (χ0v) is 14.5. The van der Waals surface area contributed by atoms with Gasteiger partial charge in [0.05, 0.1) is 29.9 Å². The highest BCUT2D eigenvalue weighted by Gasteiger charge is 2.13. The fourth-order valence-electron chi connectivity index (χ4n) is 2.14. The Hall–Kier alpha value is -2.86. The second-order valence-corrected chi connectivity index (χ2v) is 5.64. The van der Waals surface area contributed by atoms with E-state index in [-0.39, 0.29) is 28.7 Å². The summed E-state index contributed by atoms with van der Waals surface area (Å²) >= 11 is 6.01. The SMILES string of the molecule is COC(=O)c1ccc(Cl)c(NC(=O)CNC(=O)c2ccccc2C)c1. The first-order valence-electron chi connectivity index (χ1n) is 7.44. The summed E-state index contributed by atoms with van der Waals surface area (Å²) in [5.41, 5.74) is 1.83. The van der Waals surface area contributed by atoms with Gasteiger partial charge >= 0.3 is 5.97 Å². The van der Waals surface area contributed by atoms with E-state index in [1.165, 1.54) is 25.3 Å². The summed E-state index contributed by atoms with van der Waals surface area (Å²) in [5.74, 6) is -1.35. The standard InChI is InChI=1S/C18H17ClN2O4/c1-11-5-3-4-6-13(11)17(23)20-10-16(22)21-15-9-12(18(24)25-2)7-8-14(15)19/h3-9H,10H2,1-2H3,(H,20,23)(H,21,22). The number of nitrogens with one attached hydrogen (secondary N) is 2. The number of anilines is 1. The van der Waals surface area contributed by atoms with E-state index in [0.29, 0.717) is 5.56 Å². The van der Waals surface area contributed by atoms with Crippen molar-refractivity contribution in [1.82, 2.24) is 5.32 Å². The number of carbonyl (C=O) groups is 3. The molecule has 2 amide bonds. The van der Waals surface area contributed by atoms with Crippen LogP contribution in [-0.2, 0) is 9.53 Å². The molecule has 0 unspecified atom stereocenters. The van der Waals surface area contributed by atoms with Crippen LogP contribution in [0, 0.1) is 6.92 Å². The number of ether oxygens (including phenoxy) is 1. The zero-order chi connectivity index (χ0) is 18.4. The molecule has 0 aliphatic heterocycles. The van der Waals surface area contributed by atoms with E-state index in [0.717, 1.165) is 5.56 Å². The van der Waals surface area contributed by atoms with Crippen LogP contribution in [0.1, 0.15) is 26.3 Å². The van der Waals surface area contributed by atoms with E-state index in [1.54, 1.807) is 12.1 Å². The van der Waals surface area contributed by atoms with Crippen molar-refractivity contribution in [2.24, 2.45) is 0 Å². The van der Waals surface area contributed by atoms with E-state index in [2.05, 4.69) is 15.4 Å². The largest absolute Gasteiger partial charge is 0.465 e. The Labute approximate surface area is 150 Å². The van der Waals surface area contributed by atoms with E-state index in [9.17, 15) is 14.4 Å². The summed E-state index contributed by atoms with van der Waals surface area (Å²) in [7, 11) is 1.26. The van der Waals surface area contributed by atoms with Crippen LogP contribution in [0.4, 0.5) is 5.69 Å². The number of aryl methyl sites for hydroxylation is 1. The normalized spacial score (nSPS) is 10.0. The molecule has 0 aliphatic rings. The van der Waals surface area contributed by atoms with Crippen LogP contribution in [-0.4, -0.2) is 31.4 Å². The third kappa shape index (κ3) is 4.81. The molecule has 0 aliphatic carbocycles. The van der Waals surface area contributed by atoms with Crippen molar-refractivity contribution in [1.29, 1.82) is 0 Å². The number of halogens is 1. The molecule has 0 fully saturated rings. The number of hydrogen-bond acceptors (Lipinski definition) is 4. The molecule has 0 heterocycles. The molecule has 7 heteroatoms. The third-order valence-corrected chi connectivity index (χ3v) is 3.79. The molecule has 0 radical (unpaired) electrons. The van der Waals surface area contributed by atoms with Crippen LogP contribution < -0.4 is 10.6 Å². The predicted octanol–water partition coefficient (Wildman–Crippen LogP) is 2.80. The maximum Gasteiger partial charge on any atom is 0.337 e. The van der Waals surface area contributed by atoms with Gasteiger partial charge in [0, 0.05) is 5.56 Å². The minimum absolute atomic E-state index is 0.230. The first-order valence-corrected chi connectivity index (χ1v) is 7.81. The van der Waals surface area contributed by atoms with Gasteiger partial charge in [0.15, 0.2) is 0 Å². The van der Waals surface area contributed by atoms with Crippen molar-refractivity contribution >= 4 is 35.1 Å². The van der Waals surface area contributed by atoms with Crippen molar-refractivity contribution < 1.29 is 19.1 Å². The van der Waals surface area contributed by atoms with Crippen LogP contribution in [0.15, 0.2) is 42.5 Å². The van der Waals surface area contributed by atoms with Gasteiger partial charge in [0.1, 0.15) is 0 Å². The molecule has 6 nitrogen and oxygen atoms in total. The highest BCUT2D eigenvalue weighted by atomic mass is 35.5. The second kappa shape index (κ2) is 8.30. The van der Waals surface area contributed by atoms with Gasteiger partial charge in [-0.25, -0.2) is 4.79 Å². The van der Waals surface area contributed by atoms with Crippen molar-refractivity contribution in [3.8, 4) is 0 Å². The average molecular weight is 361 g/mol. The van der Waals surface area contributed by atoms with E-state index < -0.39 is 11.9 Å². The number of amides is 2. The van der Waals surface area contributed by atoms with Gasteiger partial charge in [-0.15, -0.1) is 0 Å². The van der Waals surface area contributed by atoms with Crippen molar-refractivity contribution in [3.63, 3.8) is 0 Å². The Bertz CT molecular complexity index is 820. The minimum Gasteiger partial charge on any atom is -0.465 e. The van der Waals surface area contributed by atoms with Gasteiger partial charge in [0.2, 0.25) is 5.91 Å². The Kier molecular flexibility index (Phi) is 6.14. The maximum absolute atomic E-state index is 12.1. The van der Waals surface area contributed by atoms with Gasteiger partial charge in [-0.05, 0) is 36.8 Å². The lowest BCUT2D eigenvalue weighted by Gasteiger charge is -2.10. The van der Waals surface area contributed by atoms with Gasteiger partial charge in [-0.3, -0.25) is 9.59 Å². The van der Waals surface area contributed by atoms with E-state index >= 15 is 0 Å². The molecule has 130 valence electrons. The van der Waals surface area contributed by atoms with Gasteiger partial charge < -0.3 is 15.4 Å². The maximum atomic E-state index is 12.1. The zero-order valence-electron chi connectivity index (χ0n) is 13.8. The number of rotatable bonds is 5. The summed E-state index contributed by atoms with van der Waals surface area (Å²) in [6.07, 6.45) is 0. The summed E-state index contributed by atoms with van der Waals surface area (Å²) in [5, 5.41) is 5.37. The Morgan fingerprint density at radius 1 is 1.12 bits per heavy atom. The van der Waals surface area contributed by atoms with Crippen LogP contribution in [0.25, 0.3) is 0 Å². The molecule has 0 atom stereocenters. The number of methoxy groups -OCH3 is 1. The third-order valence-electron chi connectivity index (χ3n) is 3.46. The van der Waals surface area contributed by atoms with Crippen molar-refractivity contribution in [2.45, 2.75) is 6.92 Å². The second-order valence-electron chi connectivity index (χ2n) is 5.23. The summed E-state index contributed by atoms with van der Waals surface area (Å²) in [6.45, 7) is 1.58. The topological polar surface area (TPSA) is 84.5 Å². The highest BCUT2D eigenvalue weighted by Crippen LogP contribution is 2.23. The molecule has 2 aromatic rings. The highest BCUT2D eigenvalue weighted by molar-refractivity contribution is 6.33. The molecule has 25 heavy (non-hydrogen) atoms. The molecule has 0 aromatic heterocycles. The number of carbonyl (C=O) groups excluding carboxylic acids is 3. The van der Waals surface area contributed by atoms with Crippen molar-refractivity contribution in [2.75, 3.05) is 19.0 Å². The van der Waals surface area contributed by atoms with E-state index in [1.807, 2.05) is 19.1 Å². The summed E-state index contributed by atoms with van der Waals surface area (Å²) in [6, 6.07) is 11.5.